The molecule has 0 atom stereocenters. The Hall–Kier alpha value is -2.83. The van der Waals surface area contributed by atoms with Crippen molar-refractivity contribution < 1.29 is 14.3 Å². The Labute approximate surface area is 122 Å². The molecule has 2 aromatic rings. The Balaban J connectivity index is 2.05. The van der Waals surface area contributed by atoms with Crippen LogP contribution in [0.2, 0.25) is 0 Å². The average Bonchev–Trinajstić information content (AvgIpc) is 2.48. The number of carbonyl (C=O) groups is 1. The van der Waals surface area contributed by atoms with Crippen LogP contribution in [0.5, 0.6) is 11.6 Å². The average molecular weight is 288 g/mol. The molecule has 0 bridgehead atoms. The Morgan fingerprint density at radius 2 is 1.90 bits per heavy atom. The summed E-state index contributed by atoms with van der Waals surface area (Å²) < 4.78 is 10.1. The minimum Gasteiger partial charge on any atom is -0.495 e. The van der Waals surface area contributed by atoms with Gasteiger partial charge in [0.15, 0.2) is 5.82 Å². The summed E-state index contributed by atoms with van der Waals surface area (Å²) in [6.45, 7) is 1.93. The zero-order valence-corrected chi connectivity index (χ0v) is 12.0. The number of aromatic nitrogens is 2. The SMILES string of the molecule is COc1cnc(NC(=O)Nc2cc(C)ccc2OC)cn1. The number of urea groups is 1. The van der Waals surface area contributed by atoms with Gasteiger partial charge in [-0.2, -0.15) is 0 Å². The first kappa shape index (κ1) is 14.6. The minimum atomic E-state index is -0.432. The maximum absolute atomic E-state index is 11.9. The normalized spacial score (nSPS) is 9.86. The van der Waals surface area contributed by atoms with E-state index in [4.69, 9.17) is 9.47 Å². The fourth-order valence-corrected chi connectivity index (χ4v) is 1.68. The monoisotopic (exact) mass is 288 g/mol. The van der Waals surface area contributed by atoms with Gasteiger partial charge in [0.1, 0.15) is 5.75 Å². The number of hydrogen-bond donors (Lipinski definition) is 2. The number of rotatable bonds is 4. The number of benzene rings is 1. The van der Waals surface area contributed by atoms with E-state index < -0.39 is 6.03 Å². The van der Waals surface area contributed by atoms with E-state index in [1.165, 1.54) is 19.5 Å². The van der Waals surface area contributed by atoms with Gasteiger partial charge in [0.05, 0.1) is 32.3 Å². The molecular weight excluding hydrogens is 272 g/mol. The summed E-state index contributed by atoms with van der Waals surface area (Å²) in [7, 11) is 3.04. The Morgan fingerprint density at radius 3 is 2.52 bits per heavy atom. The van der Waals surface area contributed by atoms with E-state index in [2.05, 4.69) is 20.6 Å². The van der Waals surface area contributed by atoms with Crippen molar-refractivity contribution in [3.05, 3.63) is 36.2 Å². The predicted octanol–water partition coefficient (Wildman–Crippen LogP) is 2.45. The standard InChI is InChI=1S/C14H16N4O3/c1-9-4-5-11(20-2)10(6-9)17-14(19)18-12-7-16-13(21-3)8-15-12/h4-8H,1-3H3,(H2,15,17,18,19). The molecule has 7 nitrogen and oxygen atoms in total. The van der Waals surface area contributed by atoms with E-state index in [0.29, 0.717) is 23.1 Å². The first-order chi connectivity index (χ1) is 10.1. The highest BCUT2D eigenvalue weighted by molar-refractivity contribution is 6.00. The number of amides is 2. The summed E-state index contributed by atoms with van der Waals surface area (Å²) >= 11 is 0. The molecule has 2 N–H and O–H groups in total. The van der Waals surface area contributed by atoms with Gasteiger partial charge in [0, 0.05) is 0 Å². The van der Waals surface area contributed by atoms with Crippen LogP contribution in [0.15, 0.2) is 30.6 Å². The van der Waals surface area contributed by atoms with Gasteiger partial charge in [-0.25, -0.2) is 14.8 Å². The minimum absolute atomic E-state index is 0.319. The van der Waals surface area contributed by atoms with Crippen molar-refractivity contribution in [2.45, 2.75) is 6.92 Å². The number of carbonyl (C=O) groups excluding carboxylic acids is 1. The van der Waals surface area contributed by atoms with Crippen LogP contribution in [0.1, 0.15) is 5.56 Å². The summed E-state index contributed by atoms with van der Waals surface area (Å²) in [5.41, 5.74) is 1.59. The number of methoxy groups -OCH3 is 2. The van der Waals surface area contributed by atoms with Crippen molar-refractivity contribution in [2.24, 2.45) is 0 Å². The van der Waals surface area contributed by atoms with Crippen molar-refractivity contribution in [1.82, 2.24) is 9.97 Å². The summed E-state index contributed by atoms with van der Waals surface area (Å²) in [6.07, 6.45) is 2.83. The molecule has 0 fully saturated rings. The second-order valence-corrected chi connectivity index (χ2v) is 4.23. The third kappa shape index (κ3) is 3.82. The smallest absolute Gasteiger partial charge is 0.324 e. The van der Waals surface area contributed by atoms with Crippen LogP contribution >= 0.6 is 0 Å². The van der Waals surface area contributed by atoms with Gasteiger partial charge in [-0.1, -0.05) is 6.07 Å². The number of hydrogen-bond acceptors (Lipinski definition) is 5. The topological polar surface area (TPSA) is 85.4 Å². The molecule has 110 valence electrons. The maximum Gasteiger partial charge on any atom is 0.324 e. The van der Waals surface area contributed by atoms with E-state index in [1.807, 2.05) is 19.1 Å². The van der Waals surface area contributed by atoms with Gasteiger partial charge in [0.25, 0.3) is 0 Å². The van der Waals surface area contributed by atoms with E-state index in [1.54, 1.807) is 13.2 Å². The Morgan fingerprint density at radius 1 is 1.10 bits per heavy atom. The molecule has 0 aliphatic rings. The maximum atomic E-state index is 11.9. The third-order valence-electron chi connectivity index (χ3n) is 2.68. The highest BCUT2D eigenvalue weighted by atomic mass is 16.5. The first-order valence-corrected chi connectivity index (χ1v) is 6.21. The molecule has 2 amide bonds. The Kier molecular flexibility index (Phi) is 4.55. The quantitative estimate of drug-likeness (QED) is 0.902. The van der Waals surface area contributed by atoms with Crippen LogP contribution < -0.4 is 20.1 Å². The van der Waals surface area contributed by atoms with E-state index in [9.17, 15) is 4.79 Å². The van der Waals surface area contributed by atoms with Crippen molar-refractivity contribution >= 4 is 17.5 Å². The molecule has 0 aliphatic carbocycles. The molecular formula is C14H16N4O3. The molecule has 7 heteroatoms. The van der Waals surface area contributed by atoms with E-state index in [-0.39, 0.29) is 0 Å². The first-order valence-electron chi connectivity index (χ1n) is 6.21. The second kappa shape index (κ2) is 6.56. The summed E-state index contributed by atoms with van der Waals surface area (Å²) in [4.78, 5) is 19.9. The molecule has 0 radical (unpaired) electrons. The van der Waals surface area contributed by atoms with Crippen LogP contribution in [0.25, 0.3) is 0 Å². The van der Waals surface area contributed by atoms with Gasteiger partial charge in [-0.05, 0) is 24.6 Å². The largest absolute Gasteiger partial charge is 0.495 e. The van der Waals surface area contributed by atoms with Crippen molar-refractivity contribution in [3.8, 4) is 11.6 Å². The zero-order valence-electron chi connectivity index (χ0n) is 12.0. The van der Waals surface area contributed by atoms with E-state index in [0.717, 1.165) is 5.56 Å². The summed E-state index contributed by atoms with van der Waals surface area (Å²) in [6, 6.07) is 5.07. The van der Waals surface area contributed by atoms with Gasteiger partial charge >= 0.3 is 6.03 Å². The summed E-state index contributed by atoms with van der Waals surface area (Å²) in [5, 5.41) is 5.28. The van der Waals surface area contributed by atoms with Crippen LogP contribution in [-0.2, 0) is 0 Å². The molecule has 0 spiro atoms. The number of nitrogens with one attached hydrogen (secondary N) is 2. The number of aryl methyl sites for hydroxylation is 1. The lowest BCUT2D eigenvalue weighted by Crippen LogP contribution is -2.20. The molecule has 2 rings (SSSR count). The number of ether oxygens (including phenoxy) is 2. The zero-order chi connectivity index (χ0) is 15.2. The molecule has 0 saturated carbocycles. The van der Waals surface area contributed by atoms with Crippen LogP contribution in [0.4, 0.5) is 16.3 Å². The molecule has 0 unspecified atom stereocenters. The molecule has 1 heterocycles. The van der Waals surface area contributed by atoms with Crippen molar-refractivity contribution in [3.63, 3.8) is 0 Å². The third-order valence-corrected chi connectivity index (χ3v) is 2.68. The molecule has 1 aromatic heterocycles. The second-order valence-electron chi connectivity index (χ2n) is 4.23. The highest BCUT2D eigenvalue weighted by Crippen LogP contribution is 2.25. The van der Waals surface area contributed by atoms with Crippen LogP contribution in [0.3, 0.4) is 0 Å². The van der Waals surface area contributed by atoms with Gasteiger partial charge in [0.2, 0.25) is 5.88 Å². The fourth-order valence-electron chi connectivity index (χ4n) is 1.68. The highest BCUT2D eigenvalue weighted by Gasteiger charge is 2.08. The van der Waals surface area contributed by atoms with Gasteiger partial charge in [-0.3, -0.25) is 5.32 Å². The molecule has 21 heavy (non-hydrogen) atoms. The predicted molar refractivity (Wildman–Crippen MR) is 79.0 cm³/mol. The van der Waals surface area contributed by atoms with Crippen LogP contribution in [0, 0.1) is 6.92 Å². The molecule has 0 saturated heterocycles. The lowest BCUT2D eigenvalue weighted by Gasteiger charge is -2.11. The fraction of sp³-hybridized carbons (Fsp3) is 0.214. The lowest BCUT2D eigenvalue weighted by atomic mass is 10.2. The van der Waals surface area contributed by atoms with Crippen molar-refractivity contribution in [1.29, 1.82) is 0 Å². The van der Waals surface area contributed by atoms with Gasteiger partial charge < -0.3 is 14.8 Å². The number of nitrogens with zero attached hydrogens (tertiary/aromatic N) is 2. The van der Waals surface area contributed by atoms with Gasteiger partial charge in [-0.15, -0.1) is 0 Å². The molecule has 0 aliphatic heterocycles. The summed E-state index contributed by atoms with van der Waals surface area (Å²) in [5.74, 6) is 1.28. The van der Waals surface area contributed by atoms with Crippen LogP contribution in [-0.4, -0.2) is 30.2 Å². The molecule has 1 aromatic carbocycles. The number of anilines is 2. The lowest BCUT2D eigenvalue weighted by molar-refractivity contribution is 0.262. The van der Waals surface area contributed by atoms with Crippen molar-refractivity contribution in [2.75, 3.05) is 24.9 Å². The Bertz CT molecular complexity index is 629. The van der Waals surface area contributed by atoms with E-state index >= 15 is 0 Å².